The highest BCUT2D eigenvalue weighted by Gasteiger charge is 2.21. The van der Waals surface area contributed by atoms with Crippen LogP contribution in [-0.2, 0) is 0 Å². The van der Waals surface area contributed by atoms with Gasteiger partial charge in [0.05, 0.1) is 5.69 Å². The second-order valence-corrected chi connectivity index (χ2v) is 8.71. The number of hydrogen-bond donors (Lipinski definition) is 1. The molecule has 0 spiro atoms. The number of imidazole rings is 1. The third-order valence-electron chi connectivity index (χ3n) is 5.75. The molecular formula is C30H43FN6. The van der Waals surface area contributed by atoms with Gasteiger partial charge in [-0.1, -0.05) is 52.8 Å². The number of piperazine rings is 1. The lowest BCUT2D eigenvalue weighted by atomic mass is 10.0. The van der Waals surface area contributed by atoms with Crippen LogP contribution in [0.25, 0.3) is 22.5 Å². The standard InChI is InChI=1S/C25H29FN6.C3H8.C2H6/c1-5-6-20(17-18(2)27-3)25-24(19-7-9-21(26)10-8-19)28-22-11-12-23(29-32(22)25)31-15-13-30(4)14-16-31;1-3-2;1-2/h5-12,17,27H,1,13-16H2,2-4H3;3H2,1-2H3;1-2H3/b18-17+,20-6+;;. The quantitative estimate of drug-likeness (QED) is 0.391. The van der Waals surface area contributed by atoms with Gasteiger partial charge in [-0.2, -0.15) is 0 Å². The predicted molar refractivity (Wildman–Crippen MR) is 156 cm³/mol. The zero-order chi connectivity index (χ0) is 27.4. The number of fused-ring (bicyclic) bond motifs is 1. The fourth-order valence-electron chi connectivity index (χ4n) is 3.82. The Morgan fingerprint density at radius 1 is 1.05 bits per heavy atom. The molecule has 0 atom stereocenters. The molecule has 1 fully saturated rings. The van der Waals surface area contributed by atoms with Gasteiger partial charge in [-0.15, -0.1) is 5.10 Å². The molecule has 200 valence electrons. The molecule has 6 nitrogen and oxygen atoms in total. The fourth-order valence-corrected chi connectivity index (χ4v) is 3.82. The molecule has 1 aliphatic rings. The summed E-state index contributed by atoms with van der Waals surface area (Å²) in [4.78, 5) is 9.49. The van der Waals surface area contributed by atoms with Crippen molar-refractivity contribution in [3.63, 3.8) is 0 Å². The Bertz CT molecular complexity index is 1180. The van der Waals surface area contributed by atoms with E-state index in [1.807, 2.05) is 56.6 Å². The van der Waals surface area contributed by atoms with Gasteiger partial charge < -0.3 is 15.1 Å². The number of aromatic nitrogens is 3. The summed E-state index contributed by atoms with van der Waals surface area (Å²) in [6, 6.07) is 10.4. The first-order valence-corrected chi connectivity index (χ1v) is 13.2. The maximum atomic E-state index is 13.6. The molecule has 3 aromatic rings. The van der Waals surface area contributed by atoms with Gasteiger partial charge in [0, 0.05) is 50.1 Å². The molecule has 1 aromatic carbocycles. The Morgan fingerprint density at radius 3 is 2.24 bits per heavy atom. The second-order valence-electron chi connectivity index (χ2n) is 8.71. The van der Waals surface area contributed by atoms with Gasteiger partial charge in [0.2, 0.25) is 0 Å². The molecule has 3 heterocycles. The lowest BCUT2D eigenvalue weighted by molar-refractivity contribution is 0.311. The first kappa shape index (κ1) is 29.8. The molecular weight excluding hydrogens is 463 g/mol. The van der Waals surface area contributed by atoms with Crippen molar-refractivity contribution in [2.45, 2.75) is 41.0 Å². The number of benzene rings is 1. The van der Waals surface area contributed by atoms with Gasteiger partial charge in [0.25, 0.3) is 0 Å². The van der Waals surface area contributed by atoms with Gasteiger partial charge in [0.1, 0.15) is 17.3 Å². The highest BCUT2D eigenvalue weighted by Crippen LogP contribution is 2.31. The SMILES string of the molecule is C=C/C=C(\C=C(/C)NC)c1c(-c2ccc(F)cc2)nc2ccc(N3CCN(C)CC3)nn12.CC.CCC. The number of nitrogens with one attached hydrogen (secondary N) is 1. The van der Waals surface area contributed by atoms with Gasteiger partial charge >= 0.3 is 0 Å². The zero-order valence-electron chi connectivity index (χ0n) is 23.6. The maximum absolute atomic E-state index is 13.6. The fraction of sp³-hybridized carbons (Fsp3) is 0.400. The molecule has 1 N–H and O–H groups in total. The minimum Gasteiger partial charge on any atom is -0.392 e. The average molecular weight is 507 g/mol. The van der Waals surface area contributed by atoms with Crippen molar-refractivity contribution in [3.8, 4) is 11.3 Å². The van der Waals surface area contributed by atoms with E-state index in [0.29, 0.717) is 0 Å². The largest absolute Gasteiger partial charge is 0.392 e. The first-order chi connectivity index (χ1) is 17.9. The topological polar surface area (TPSA) is 48.7 Å². The van der Waals surface area contributed by atoms with E-state index in [4.69, 9.17) is 10.1 Å². The lowest BCUT2D eigenvalue weighted by Gasteiger charge is -2.33. The highest BCUT2D eigenvalue weighted by atomic mass is 19.1. The number of anilines is 1. The van der Waals surface area contributed by atoms with Crippen LogP contribution < -0.4 is 10.2 Å². The number of nitrogens with zero attached hydrogens (tertiary/aromatic N) is 5. The number of allylic oxidation sites excluding steroid dienone is 5. The minimum atomic E-state index is -0.276. The third kappa shape index (κ3) is 7.76. The molecule has 0 amide bonds. The second kappa shape index (κ2) is 15.0. The summed E-state index contributed by atoms with van der Waals surface area (Å²) in [7, 11) is 4.02. The number of likely N-dealkylation sites (N-methyl/N-ethyl adjacent to an activating group) is 1. The lowest BCUT2D eigenvalue weighted by Crippen LogP contribution is -2.44. The summed E-state index contributed by atoms with van der Waals surface area (Å²) >= 11 is 0. The van der Waals surface area contributed by atoms with E-state index in [1.54, 1.807) is 18.2 Å². The first-order valence-electron chi connectivity index (χ1n) is 13.2. The van der Waals surface area contributed by atoms with Crippen LogP contribution in [0.5, 0.6) is 0 Å². The van der Waals surface area contributed by atoms with E-state index in [1.165, 1.54) is 18.6 Å². The van der Waals surface area contributed by atoms with Crippen molar-refractivity contribution in [1.82, 2.24) is 24.8 Å². The Balaban J connectivity index is 0.000000898. The normalized spacial score (nSPS) is 14.4. The molecule has 1 aliphatic heterocycles. The van der Waals surface area contributed by atoms with Crippen molar-refractivity contribution in [3.05, 3.63) is 78.4 Å². The van der Waals surface area contributed by atoms with Gasteiger partial charge in [0.15, 0.2) is 5.65 Å². The van der Waals surface area contributed by atoms with Crippen LogP contribution in [0.15, 0.2) is 66.9 Å². The van der Waals surface area contributed by atoms with Crippen LogP contribution in [-0.4, -0.2) is 59.8 Å². The highest BCUT2D eigenvalue weighted by molar-refractivity contribution is 5.85. The summed E-state index contributed by atoms with van der Waals surface area (Å²) in [5.74, 6) is 0.643. The summed E-state index contributed by atoms with van der Waals surface area (Å²) in [6.07, 6.45) is 7.00. The van der Waals surface area contributed by atoms with E-state index in [-0.39, 0.29) is 5.82 Å². The monoisotopic (exact) mass is 506 g/mol. The van der Waals surface area contributed by atoms with Gasteiger partial charge in [-0.25, -0.2) is 13.9 Å². The van der Waals surface area contributed by atoms with Crippen LogP contribution in [0.4, 0.5) is 10.2 Å². The molecule has 0 saturated carbocycles. The van der Waals surface area contributed by atoms with Crippen LogP contribution >= 0.6 is 0 Å². The minimum absolute atomic E-state index is 0.276. The zero-order valence-corrected chi connectivity index (χ0v) is 23.6. The molecule has 7 heteroatoms. The maximum Gasteiger partial charge on any atom is 0.155 e. The van der Waals surface area contributed by atoms with Crippen molar-refractivity contribution in [2.75, 3.05) is 45.2 Å². The summed E-state index contributed by atoms with van der Waals surface area (Å²) in [6.45, 7) is 18.0. The smallest absolute Gasteiger partial charge is 0.155 e. The molecule has 2 aromatic heterocycles. The van der Waals surface area contributed by atoms with Crippen molar-refractivity contribution in [1.29, 1.82) is 0 Å². The summed E-state index contributed by atoms with van der Waals surface area (Å²) < 4.78 is 15.5. The van der Waals surface area contributed by atoms with E-state index < -0.39 is 0 Å². The van der Waals surface area contributed by atoms with Crippen LogP contribution in [0.2, 0.25) is 0 Å². The molecule has 4 rings (SSSR count). The van der Waals surface area contributed by atoms with Crippen LogP contribution in [0, 0.1) is 5.82 Å². The molecule has 0 unspecified atom stereocenters. The third-order valence-corrected chi connectivity index (χ3v) is 5.75. The van der Waals surface area contributed by atoms with Crippen LogP contribution in [0.3, 0.4) is 0 Å². The van der Waals surface area contributed by atoms with Crippen molar-refractivity contribution in [2.24, 2.45) is 0 Å². The summed E-state index contributed by atoms with van der Waals surface area (Å²) in [5.41, 5.74) is 5.08. The Hall–Kier alpha value is -3.45. The molecule has 0 bridgehead atoms. The van der Waals surface area contributed by atoms with E-state index >= 15 is 0 Å². The predicted octanol–water partition coefficient (Wildman–Crippen LogP) is 6.42. The number of rotatable bonds is 6. The Kier molecular flexibility index (Phi) is 12.0. The Labute approximate surface area is 222 Å². The molecule has 0 radical (unpaired) electrons. The van der Waals surface area contributed by atoms with Crippen molar-refractivity contribution < 1.29 is 4.39 Å². The average Bonchev–Trinajstić information content (AvgIpc) is 3.29. The molecule has 37 heavy (non-hydrogen) atoms. The number of hydrogen-bond acceptors (Lipinski definition) is 5. The summed E-state index contributed by atoms with van der Waals surface area (Å²) in [5, 5.41) is 8.16. The van der Waals surface area contributed by atoms with Gasteiger partial charge in [-0.05, 0) is 56.4 Å². The number of halogens is 1. The van der Waals surface area contributed by atoms with Gasteiger partial charge in [-0.3, -0.25) is 0 Å². The van der Waals surface area contributed by atoms with E-state index in [9.17, 15) is 4.39 Å². The Morgan fingerprint density at radius 2 is 1.68 bits per heavy atom. The molecule has 1 saturated heterocycles. The molecule has 0 aliphatic carbocycles. The van der Waals surface area contributed by atoms with E-state index in [2.05, 4.69) is 42.6 Å². The van der Waals surface area contributed by atoms with Crippen LogP contribution in [0.1, 0.15) is 46.7 Å². The van der Waals surface area contributed by atoms with Crippen molar-refractivity contribution >= 4 is 17.0 Å². The van der Waals surface area contributed by atoms with E-state index in [0.717, 1.165) is 65.9 Å².